The lowest BCUT2D eigenvalue weighted by Gasteiger charge is -2.57. The summed E-state index contributed by atoms with van der Waals surface area (Å²) in [6, 6.07) is 21.8. The molecule has 2 N–H and O–H groups in total. The molecule has 0 heterocycles. The van der Waals surface area contributed by atoms with Crippen LogP contribution in [0.15, 0.2) is 72.8 Å². The zero-order chi connectivity index (χ0) is 31.0. The number of hydrogen-bond acceptors (Lipinski definition) is 3. The van der Waals surface area contributed by atoms with E-state index < -0.39 is 14.3 Å². The van der Waals surface area contributed by atoms with E-state index in [1.54, 1.807) is 0 Å². The normalized spacial score (nSPS) is 33.3. The standard InChI is InChI=1S/C38H54O4Si/c1-27-17-18-33-32(26-35(40)41)34(20-23-37(27,33)5)38(6)22-19-29(25-28(38)21-24-39)42-43(36(2,3)4,30-13-9-7-10-14-30)31-15-11-8-12-16-31/h7-16,28-29,32-34,39H,1,17-26H2,2-6H3,(H,40,41)/t28-,29-,32-,33+,34+,37+,38-/m0/s1. The molecule has 3 aliphatic carbocycles. The van der Waals surface area contributed by atoms with Gasteiger partial charge in [-0.2, -0.15) is 0 Å². The van der Waals surface area contributed by atoms with Gasteiger partial charge in [0.05, 0.1) is 0 Å². The summed E-state index contributed by atoms with van der Waals surface area (Å²) in [6.07, 6.45) is 8.17. The van der Waals surface area contributed by atoms with Gasteiger partial charge in [0.1, 0.15) is 0 Å². The molecular formula is C38H54O4Si. The molecule has 3 saturated carbocycles. The summed E-state index contributed by atoms with van der Waals surface area (Å²) >= 11 is 0. The highest BCUT2D eigenvalue weighted by atomic mass is 28.4. The lowest BCUT2D eigenvalue weighted by atomic mass is 9.48. The van der Waals surface area contributed by atoms with Crippen LogP contribution in [0.3, 0.4) is 0 Å². The quantitative estimate of drug-likeness (QED) is 0.229. The highest BCUT2D eigenvalue weighted by molar-refractivity contribution is 6.99. The summed E-state index contributed by atoms with van der Waals surface area (Å²) in [5.41, 5.74) is 1.36. The van der Waals surface area contributed by atoms with Crippen molar-refractivity contribution in [2.45, 2.75) is 104 Å². The number of carboxylic acid groups (broad SMARTS) is 1. The average molecular weight is 603 g/mol. The lowest BCUT2D eigenvalue weighted by molar-refractivity contribution is -0.144. The van der Waals surface area contributed by atoms with E-state index in [0.717, 1.165) is 51.4 Å². The molecule has 0 saturated heterocycles. The third-order valence-electron chi connectivity index (χ3n) is 12.4. The molecule has 0 spiro atoms. The summed E-state index contributed by atoms with van der Waals surface area (Å²) in [5.74, 6) is 0.466. The summed E-state index contributed by atoms with van der Waals surface area (Å²) in [4.78, 5) is 12.3. The minimum Gasteiger partial charge on any atom is -0.481 e. The first-order valence-corrected chi connectivity index (χ1v) is 18.6. The Hall–Kier alpha value is -2.21. The van der Waals surface area contributed by atoms with Crippen molar-refractivity contribution in [1.29, 1.82) is 0 Å². The van der Waals surface area contributed by atoms with Gasteiger partial charge in [-0.05, 0) is 101 Å². The van der Waals surface area contributed by atoms with Crippen LogP contribution < -0.4 is 10.4 Å². The molecule has 3 aliphatic rings. The van der Waals surface area contributed by atoms with Crippen LogP contribution in [0.1, 0.15) is 92.4 Å². The zero-order valence-electron chi connectivity index (χ0n) is 27.1. The first-order chi connectivity index (χ1) is 20.4. The zero-order valence-corrected chi connectivity index (χ0v) is 28.1. The van der Waals surface area contributed by atoms with Gasteiger partial charge in [0, 0.05) is 19.1 Å². The van der Waals surface area contributed by atoms with Crippen LogP contribution in [0.2, 0.25) is 5.04 Å². The van der Waals surface area contributed by atoms with Crippen LogP contribution in [0, 0.1) is 34.5 Å². The van der Waals surface area contributed by atoms with Crippen molar-refractivity contribution in [2.24, 2.45) is 34.5 Å². The molecule has 2 aromatic rings. The summed E-state index contributed by atoms with van der Waals surface area (Å²) in [7, 11) is -2.70. The lowest BCUT2D eigenvalue weighted by Crippen LogP contribution is -2.68. The van der Waals surface area contributed by atoms with E-state index >= 15 is 0 Å². The largest absolute Gasteiger partial charge is 0.481 e. The summed E-state index contributed by atoms with van der Waals surface area (Å²) in [5, 5.41) is 23.0. The van der Waals surface area contributed by atoms with Crippen molar-refractivity contribution >= 4 is 24.7 Å². The van der Waals surface area contributed by atoms with Gasteiger partial charge in [0.2, 0.25) is 0 Å². The van der Waals surface area contributed by atoms with E-state index in [-0.39, 0.29) is 46.8 Å². The van der Waals surface area contributed by atoms with Gasteiger partial charge >= 0.3 is 5.97 Å². The number of aliphatic carboxylic acids is 1. The third-order valence-corrected chi connectivity index (χ3v) is 17.5. The van der Waals surface area contributed by atoms with E-state index in [1.807, 2.05) is 0 Å². The Labute approximate surface area is 261 Å². The fourth-order valence-corrected chi connectivity index (χ4v) is 14.7. The Balaban J connectivity index is 1.49. The van der Waals surface area contributed by atoms with Gasteiger partial charge in [-0.15, -0.1) is 0 Å². The van der Waals surface area contributed by atoms with Crippen molar-refractivity contribution in [3.05, 3.63) is 72.8 Å². The third kappa shape index (κ3) is 5.71. The molecule has 5 heteroatoms. The number of aliphatic hydroxyl groups excluding tert-OH is 1. The topological polar surface area (TPSA) is 66.8 Å². The van der Waals surface area contributed by atoms with Crippen LogP contribution in [0.4, 0.5) is 0 Å². The Bertz CT molecular complexity index is 1230. The molecule has 2 aromatic carbocycles. The van der Waals surface area contributed by atoms with Gasteiger partial charge in [-0.1, -0.05) is 107 Å². The van der Waals surface area contributed by atoms with E-state index in [2.05, 4.69) is 102 Å². The molecule has 5 rings (SSSR count). The minimum atomic E-state index is -2.70. The summed E-state index contributed by atoms with van der Waals surface area (Å²) in [6.45, 7) is 16.4. The SMILES string of the molecule is C=C1CC[C@@H]2[C@H](CC(=O)O)[C@H]([C@@]3(C)CC[C@H](O[Si](c4ccccc4)(c4ccccc4)C(C)(C)C)C[C@@H]3CCO)CC[C@]12C. The molecule has 0 amide bonds. The van der Waals surface area contributed by atoms with Gasteiger partial charge in [0.25, 0.3) is 8.32 Å². The Morgan fingerprint density at radius 3 is 2.09 bits per heavy atom. The maximum absolute atomic E-state index is 12.3. The van der Waals surface area contributed by atoms with E-state index in [0.29, 0.717) is 11.8 Å². The van der Waals surface area contributed by atoms with Crippen molar-refractivity contribution in [2.75, 3.05) is 6.61 Å². The minimum absolute atomic E-state index is 0.0284. The van der Waals surface area contributed by atoms with Crippen LogP contribution in [0.25, 0.3) is 0 Å². The van der Waals surface area contributed by atoms with Crippen molar-refractivity contribution in [1.82, 2.24) is 0 Å². The number of rotatable bonds is 9. The highest BCUT2D eigenvalue weighted by Crippen LogP contribution is 2.64. The van der Waals surface area contributed by atoms with E-state index in [4.69, 9.17) is 4.43 Å². The van der Waals surface area contributed by atoms with E-state index in [9.17, 15) is 15.0 Å². The Kier molecular flexibility index (Phi) is 9.20. The van der Waals surface area contributed by atoms with Gasteiger partial charge in [-0.3, -0.25) is 4.79 Å². The fraction of sp³-hybridized carbons (Fsp3) is 0.605. The molecular weight excluding hydrogens is 549 g/mol. The second-order valence-electron chi connectivity index (χ2n) is 15.5. The Morgan fingerprint density at radius 1 is 0.953 bits per heavy atom. The average Bonchev–Trinajstić information content (AvgIpc) is 3.28. The number of allylic oxidation sites excluding steroid dienone is 1. The number of benzene rings is 2. The van der Waals surface area contributed by atoms with Gasteiger partial charge in [-0.25, -0.2) is 0 Å². The number of carbonyl (C=O) groups is 1. The second kappa shape index (κ2) is 12.3. The molecule has 43 heavy (non-hydrogen) atoms. The number of fused-ring (bicyclic) bond motifs is 1. The smallest absolute Gasteiger partial charge is 0.303 e. The molecule has 7 atom stereocenters. The first kappa shape index (κ1) is 32.2. The van der Waals surface area contributed by atoms with E-state index in [1.165, 1.54) is 15.9 Å². The number of carboxylic acids is 1. The predicted molar refractivity (Wildman–Crippen MR) is 178 cm³/mol. The van der Waals surface area contributed by atoms with Crippen molar-refractivity contribution < 1.29 is 19.4 Å². The van der Waals surface area contributed by atoms with Crippen LogP contribution >= 0.6 is 0 Å². The first-order valence-electron chi connectivity index (χ1n) is 16.7. The van der Waals surface area contributed by atoms with Crippen LogP contribution in [-0.4, -0.2) is 37.2 Å². The fourth-order valence-electron chi connectivity index (χ4n) is 10.0. The molecule has 0 aliphatic heterocycles. The molecule has 0 unspecified atom stereocenters. The van der Waals surface area contributed by atoms with Crippen molar-refractivity contribution in [3.63, 3.8) is 0 Å². The number of aliphatic hydroxyl groups is 1. The van der Waals surface area contributed by atoms with Crippen LogP contribution in [-0.2, 0) is 9.22 Å². The summed E-state index contributed by atoms with van der Waals surface area (Å²) < 4.78 is 7.62. The molecule has 3 fully saturated rings. The number of hydrogen-bond donors (Lipinski definition) is 2. The maximum atomic E-state index is 12.3. The molecule has 0 radical (unpaired) electrons. The predicted octanol–water partition coefficient (Wildman–Crippen LogP) is 7.59. The molecule has 4 nitrogen and oxygen atoms in total. The maximum Gasteiger partial charge on any atom is 0.303 e. The Morgan fingerprint density at radius 2 is 1.56 bits per heavy atom. The highest BCUT2D eigenvalue weighted by Gasteiger charge is 2.58. The second-order valence-corrected chi connectivity index (χ2v) is 19.7. The monoisotopic (exact) mass is 602 g/mol. The van der Waals surface area contributed by atoms with Gasteiger partial charge < -0.3 is 14.6 Å². The molecule has 234 valence electrons. The van der Waals surface area contributed by atoms with Crippen molar-refractivity contribution in [3.8, 4) is 0 Å². The van der Waals surface area contributed by atoms with Crippen LogP contribution in [0.5, 0.6) is 0 Å². The molecule has 0 aromatic heterocycles. The van der Waals surface area contributed by atoms with Gasteiger partial charge in [0.15, 0.2) is 0 Å². The molecule has 0 bridgehead atoms.